The standard InChI is InChI=1S/C10H14N2O2/c1-4-9-11-7(6(2)3)5-8(12-9)10(13)14/h5-6H,4H2,1-3H3,(H,13,14). The lowest BCUT2D eigenvalue weighted by atomic mass is 10.1. The van der Waals surface area contributed by atoms with Crippen molar-refractivity contribution in [1.82, 2.24) is 9.97 Å². The largest absolute Gasteiger partial charge is 0.477 e. The average Bonchev–Trinajstić information content (AvgIpc) is 2.16. The van der Waals surface area contributed by atoms with E-state index in [2.05, 4.69) is 9.97 Å². The van der Waals surface area contributed by atoms with Crippen molar-refractivity contribution >= 4 is 5.97 Å². The van der Waals surface area contributed by atoms with Crippen molar-refractivity contribution in [1.29, 1.82) is 0 Å². The molecule has 0 spiro atoms. The fraction of sp³-hybridized carbons (Fsp3) is 0.500. The summed E-state index contributed by atoms with van der Waals surface area (Å²) in [7, 11) is 0. The predicted octanol–water partition coefficient (Wildman–Crippen LogP) is 1.86. The SMILES string of the molecule is CCc1nc(C(=O)O)cc(C(C)C)n1. The highest BCUT2D eigenvalue weighted by atomic mass is 16.4. The van der Waals surface area contributed by atoms with E-state index in [1.165, 1.54) is 6.07 Å². The van der Waals surface area contributed by atoms with Gasteiger partial charge >= 0.3 is 5.97 Å². The number of hydrogen-bond acceptors (Lipinski definition) is 3. The molecular weight excluding hydrogens is 180 g/mol. The first kappa shape index (κ1) is 10.6. The van der Waals surface area contributed by atoms with Crippen molar-refractivity contribution in [2.45, 2.75) is 33.1 Å². The molecule has 0 radical (unpaired) electrons. The second-order valence-electron chi connectivity index (χ2n) is 3.41. The maximum atomic E-state index is 10.8. The smallest absolute Gasteiger partial charge is 0.354 e. The minimum Gasteiger partial charge on any atom is -0.477 e. The van der Waals surface area contributed by atoms with Gasteiger partial charge in [0.05, 0.1) is 0 Å². The number of carboxylic acids is 1. The van der Waals surface area contributed by atoms with Gasteiger partial charge < -0.3 is 5.11 Å². The summed E-state index contributed by atoms with van der Waals surface area (Å²) in [6.45, 7) is 5.87. The Labute approximate surface area is 83.0 Å². The zero-order chi connectivity index (χ0) is 10.7. The molecular formula is C10H14N2O2. The lowest BCUT2D eigenvalue weighted by Gasteiger charge is -2.06. The molecule has 0 saturated carbocycles. The van der Waals surface area contributed by atoms with E-state index in [-0.39, 0.29) is 11.6 Å². The molecule has 4 heteroatoms. The van der Waals surface area contributed by atoms with Gasteiger partial charge in [-0.15, -0.1) is 0 Å². The maximum Gasteiger partial charge on any atom is 0.354 e. The van der Waals surface area contributed by atoms with Gasteiger partial charge in [0.1, 0.15) is 5.82 Å². The molecule has 1 aromatic rings. The summed E-state index contributed by atoms with van der Waals surface area (Å²) >= 11 is 0. The average molecular weight is 194 g/mol. The van der Waals surface area contributed by atoms with Crippen molar-refractivity contribution in [3.8, 4) is 0 Å². The third-order valence-electron chi connectivity index (χ3n) is 1.92. The Morgan fingerprint density at radius 3 is 2.57 bits per heavy atom. The van der Waals surface area contributed by atoms with Crippen LogP contribution < -0.4 is 0 Å². The lowest BCUT2D eigenvalue weighted by molar-refractivity contribution is 0.0689. The van der Waals surface area contributed by atoms with Crippen LogP contribution in [0.15, 0.2) is 6.07 Å². The summed E-state index contributed by atoms with van der Waals surface area (Å²) in [6, 6.07) is 1.53. The molecule has 1 rings (SSSR count). The van der Waals surface area contributed by atoms with E-state index in [1.54, 1.807) is 0 Å². The van der Waals surface area contributed by atoms with Gasteiger partial charge in [-0.1, -0.05) is 20.8 Å². The quantitative estimate of drug-likeness (QED) is 0.797. The topological polar surface area (TPSA) is 63.1 Å². The van der Waals surface area contributed by atoms with Gasteiger partial charge in [-0.2, -0.15) is 0 Å². The van der Waals surface area contributed by atoms with E-state index in [9.17, 15) is 4.79 Å². The Balaban J connectivity index is 3.20. The summed E-state index contributed by atoms with van der Waals surface area (Å²) in [5.41, 5.74) is 0.870. The number of nitrogens with zero attached hydrogens (tertiary/aromatic N) is 2. The van der Waals surface area contributed by atoms with Crippen molar-refractivity contribution in [2.75, 3.05) is 0 Å². The Bertz CT molecular complexity index is 348. The van der Waals surface area contributed by atoms with E-state index in [4.69, 9.17) is 5.11 Å². The number of aromatic nitrogens is 2. The second kappa shape index (κ2) is 4.17. The zero-order valence-electron chi connectivity index (χ0n) is 8.61. The number of carbonyl (C=O) groups is 1. The van der Waals surface area contributed by atoms with Crippen LogP contribution in [0.3, 0.4) is 0 Å². The van der Waals surface area contributed by atoms with Crippen molar-refractivity contribution in [2.24, 2.45) is 0 Å². The zero-order valence-corrected chi connectivity index (χ0v) is 8.61. The van der Waals surface area contributed by atoms with E-state index in [0.29, 0.717) is 12.2 Å². The van der Waals surface area contributed by atoms with Crippen LogP contribution in [0.1, 0.15) is 48.7 Å². The highest BCUT2D eigenvalue weighted by molar-refractivity contribution is 5.85. The fourth-order valence-corrected chi connectivity index (χ4v) is 1.08. The molecule has 0 aromatic carbocycles. The summed E-state index contributed by atoms with van der Waals surface area (Å²) in [4.78, 5) is 18.9. The van der Waals surface area contributed by atoms with E-state index in [0.717, 1.165) is 5.69 Å². The van der Waals surface area contributed by atoms with Crippen LogP contribution in [0.5, 0.6) is 0 Å². The monoisotopic (exact) mass is 194 g/mol. The predicted molar refractivity (Wildman–Crippen MR) is 52.5 cm³/mol. The Morgan fingerprint density at radius 2 is 2.14 bits per heavy atom. The van der Waals surface area contributed by atoms with Gasteiger partial charge in [0.2, 0.25) is 0 Å². The maximum absolute atomic E-state index is 10.8. The molecule has 0 atom stereocenters. The first-order valence-electron chi connectivity index (χ1n) is 4.65. The number of rotatable bonds is 3. The molecule has 1 aromatic heterocycles. The van der Waals surface area contributed by atoms with Crippen LogP contribution in [-0.2, 0) is 6.42 Å². The van der Waals surface area contributed by atoms with Crippen molar-refractivity contribution in [3.05, 3.63) is 23.3 Å². The van der Waals surface area contributed by atoms with Gasteiger partial charge in [0.15, 0.2) is 5.69 Å². The minimum absolute atomic E-state index is 0.0838. The molecule has 1 heterocycles. The van der Waals surface area contributed by atoms with Gasteiger partial charge in [0, 0.05) is 12.1 Å². The summed E-state index contributed by atoms with van der Waals surface area (Å²) in [5.74, 6) is -0.181. The first-order valence-corrected chi connectivity index (χ1v) is 4.65. The van der Waals surface area contributed by atoms with Crippen LogP contribution in [0.2, 0.25) is 0 Å². The van der Waals surface area contributed by atoms with Gasteiger partial charge in [-0.05, 0) is 12.0 Å². The molecule has 0 aliphatic heterocycles. The molecule has 1 N–H and O–H groups in total. The van der Waals surface area contributed by atoms with Crippen LogP contribution in [0, 0.1) is 0 Å². The van der Waals surface area contributed by atoms with Crippen molar-refractivity contribution < 1.29 is 9.90 Å². The Hall–Kier alpha value is -1.45. The van der Waals surface area contributed by atoms with E-state index in [1.807, 2.05) is 20.8 Å². The third kappa shape index (κ3) is 2.28. The minimum atomic E-state index is -0.996. The van der Waals surface area contributed by atoms with Crippen LogP contribution >= 0.6 is 0 Å². The second-order valence-corrected chi connectivity index (χ2v) is 3.41. The number of hydrogen-bond donors (Lipinski definition) is 1. The van der Waals surface area contributed by atoms with E-state index >= 15 is 0 Å². The molecule has 0 aliphatic rings. The first-order chi connectivity index (χ1) is 6.54. The highest BCUT2D eigenvalue weighted by Gasteiger charge is 2.11. The molecule has 0 bridgehead atoms. The normalized spacial score (nSPS) is 10.6. The van der Waals surface area contributed by atoms with Crippen molar-refractivity contribution in [3.63, 3.8) is 0 Å². The van der Waals surface area contributed by atoms with Crippen LogP contribution in [-0.4, -0.2) is 21.0 Å². The third-order valence-corrected chi connectivity index (χ3v) is 1.92. The molecule has 4 nitrogen and oxygen atoms in total. The number of aromatic carboxylic acids is 1. The van der Waals surface area contributed by atoms with Crippen LogP contribution in [0.4, 0.5) is 0 Å². The molecule has 0 unspecified atom stereocenters. The number of aryl methyl sites for hydroxylation is 1. The highest BCUT2D eigenvalue weighted by Crippen LogP contribution is 2.13. The Kier molecular flexibility index (Phi) is 3.17. The number of carboxylic acid groups (broad SMARTS) is 1. The molecule has 0 saturated heterocycles. The molecule has 14 heavy (non-hydrogen) atoms. The molecule has 0 fully saturated rings. The summed E-state index contributed by atoms with van der Waals surface area (Å²) in [5, 5.41) is 8.82. The Morgan fingerprint density at radius 1 is 1.50 bits per heavy atom. The lowest BCUT2D eigenvalue weighted by Crippen LogP contribution is -2.08. The molecule has 0 amide bonds. The van der Waals surface area contributed by atoms with Crippen LogP contribution in [0.25, 0.3) is 0 Å². The van der Waals surface area contributed by atoms with Gasteiger partial charge in [0.25, 0.3) is 0 Å². The summed E-state index contributed by atoms with van der Waals surface area (Å²) in [6.07, 6.45) is 0.654. The summed E-state index contributed by atoms with van der Waals surface area (Å²) < 4.78 is 0. The van der Waals surface area contributed by atoms with E-state index < -0.39 is 5.97 Å². The molecule has 0 aliphatic carbocycles. The fourth-order valence-electron chi connectivity index (χ4n) is 1.08. The molecule has 76 valence electrons. The van der Waals surface area contributed by atoms with Gasteiger partial charge in [-0.3, -0.25) is 0 Å². The van der Waals surface area contributed by atoms with Gasteiger partial charge in [-0.25, -0.2) is 14.8 Å².